The third-order valence-electron chi connectivity index (χ3n) is 4.40. The lowest BCUT2D eigenvalue weighted by Crippen LogP contribution is -1.98. The summed E-state index contributed by atoms with van der Waals surface area (Å²) in [5, 5.41) is 6.60. The lowest BCUT2D eigenvalue weighted by molar-refractivity contribution is 0.417. The first-order chi connectivity index (χ1) is 12.8. The molecule has 0 saturated heterocycles. The van der Waals surface area contributed by atoms with E-state index >= 15 is 0 Å². The fraction of sp³-hybridized carbons (Fsp3) is 0.143. The van der Waals surface area contributed by atoms with Crippen LogP contribution < -0.4 is 10.1 Å². The number of aryl methyl sites for hydroxylation is 1. The first-order valence-electron chi connectivity index (χ1n) is 8.51. The standard InChI is InChI=1S/C21H19N3OS/c1-3-14-8-10-15(11-9-14)16-12-26-21-19(16)20(22-13-23-21)24-17-6-4-5-7-18(17)25-2/h4-13H,3H2,1-2H3,(H,22,23,24). The molecule has 26 heavy (non-hydrogen) atoms. The zero-order chi connectivity index (χ0) is 17.9. The Hall–Kier alpha value is -2.92. The van der Waals surface area contributed by atoms with Gasteiger partial charge in [-0.25, -0.2) is 9.97 Å². The molecule has 4 rings (SSSR count). The van der Waals surface area contributed by atoms with Crippen LogP contribution in [0.2, 0.25) is 0 Å². The average molecular weight is 361 g/mol. The molecular weight excluding hydrogens is 342 g/mol. The van der Waals surface area contributed by atoms with Gasteiger partial charge in [-0.1, -0.05) is 43.3 Å². The van der Waals surface area contributed by atoms with E-state index in [2.05, 4.69) is 51.9 Å². The highest BCUT2D eigenvalue weighted by Crippen LogP contribution is 2.38. The van der Waals surface area contributed by atoms with Gasteiger partial charge >= 0.3 is 0 Å². The van der Waals surface area contributed by atoms with Crippen LogP contribution in [0.15, 0.2) is 60.2 Å². The topological polar surface area (TPSA) is 47.0 Å². The molecule has 2 aromatic heterocycles. The second kappa shape index (κ2) is 7.14. The maximum Gasteiger partial charge on any atom is 0.143 e. The van der Waals surface area contributed by atoms with Crippen LogP contribution in [-0.4, -0.2) is 17.1 Å². The Morgan fingerprint density at radius 2 is 1.85 bits per heavy atom. The van der Waals surface area contributed by atoms with Gasteiger partial charge in [-0.15, -0.1) is 11.3 Å². The summed E-state index contributed by atoms with van der Waals surface area (Å²) in [5.74, 6) is 1.57. The number of nitrogens with zero attached hydrogens (tertiary/aromatic N) is 2. The molecule has 0 unspecified atom stereocenters. The van der Waals surface area contributed by atoms with Crippen molar-refractivity contribution in [2.45, 2.75) is 13.3 Å². The van der Waals surface area contributed by atoms with Crippen LogP contribution in [0.4, 0.5) is 11.5 Å². The van der Waals surface area contributed by atoms with Crippen molar-refractivity contribution in [1.82, 2.24) is 9.97 Å². The highest BCUT2D eigenvalue weighted by Gasteiger charge is 2.14. The highest BCUT2D eigenvalue weighted by molar-refractivity contribution is 7.17. The third-order valence-corrected chi connectivity index (χ3v) is 5.29. The molecule has 5 heteroatoms. The summed E-state index contributed by atoms with van der Waals surface area (Å²) in [7, 11) is 1.67. The first-order valence-corrected chi connectivity index (χ1v) is 9.39. The molecule has 2 aromatic carbocycles. The minimum atomic E-state index is 0.781. The number of benzene rings is 2. The molecule has 0 aliphatic heterocycles. The predicted octanol–water partition coefficient (Wildman–Crippen LogP) is 5.67. The van der Waals surface area contributed by atoms with E-state index in [1.807, 2.05) is 24.3 Å². The van der Waals surface area contributed by atoms with Gasteiger partial charge < -0.3 is 10.1 Å². The van der Waals surface area contributed by atoms with Gasteiger partial charge in [-0.2, -0.15) is 0 Å². The summed E-state index contributed by atoms with van der Waals surface area (Å²) in [5.41, 5.74) is 4.53. The summed E-state index contributed by atoms with van der Waals surface area (Å²) in [4.78, 5) is 9.91. The van der Waals surface area contributed by atoms with E-state index in [-0.39, 0.29) is 0 Å². The minimum Gasteiger partial charge on any atom is -0.495 e. The number of fused-ring (bicyclic) bond motifs is 1. The number of nitrogens with one attached hydrogen (secondary N) is 1. The zero-order valence-corrected chi connectivity index (χ0v) is 15.5. The van der Waals surface area contributed by atoms with E-state index in [1.54, 1.807) is 24.8 Å². The van der Waals surface area contributed by atoms with Gasteiger partial charge in [0.15, 0.2) is 0 Å². The van der Waals surface area contributed by atoms with Crippen molar-refractivity contribution < 1.29 is 4.74 Å². The van der Waals surface area contributed by atoms with Crippen molar-refractivity contribution in [2.75, 3.05) is 12.4 Å². The van der Waals surface area contributed by atoms with Crippen LogP contribution in [0.1, 0.15) is 12.5 Å². The van der Waals surface area contributed by atoms with Crippen molar-refractivity contribution in [2.24, 2.45) is 0 Å². The molecule has 0 aliphatic rings. The van der Waals surface area contributed by atoms with Crippen molar-refractivity contribution in [3.05, 3.63) is 65.8 Å². The molecule has 4 nitrogen and oxygen atoms in total. The lowest BCUT2D eigenvalue weighted by atomic mass is 10.0. The zero-order valence-electron chi connectivity index (χ0n) is 14.7. The van der Waals surface area contributed by atoms with Gasteiger partial charge in [0.1, 0.15) is 22.7 Å². The Balaban J connectivity index is 1.81. The quantitative estimate of drug-likeness (QED) is 0.497. The van der Waals surface area contributed by atoms with Crippen LogP contribution in [0.25, 0.3) is 21.3 Å². The van der Waals surface area contributed by atoms with Crippen LogP contribution in [-0.2, 0) is 6.42 Å². The third kappa shape index (κ3) is 3.02. The molecule has 0 radical (unpaired) electrons. The SMILES string of the molecule is CCc1ccc(-c2csc3ncnc(Nc4ccccc4OC)c23)cc1. The van der Waals surface area contributed by atoms with E-state index in [1.165, 1.54) is 11.1 Å². The van der Waals surface area contributed by atoms with Gasteiger partial charge in [0.05, 0.1) is 18.2 Å². The maximum atomic E-state index is 5.45. The number of hydrogen-bond acceptors (Lipinski definition) is 5. The molecule has 1 N–H and O–H groups in total. The van der Waals surface area contributed by atoms with E-state index in [0.29, 0.717) is 0 Å². The summed E-state index contributed by atoms with van der Waals surface area (Å²) in [6.07, 6.45) is 2.63. The largest absolute Gasteiger partial charge is 0.495 e. The number of methoxy groups -OCH3 is 1. The summed E-state index contributed by atoms with van der Waals surface area (Å²) in [6, 6.07) is 16.5. The van der Waals surface area contributed by atoms with Crippen LogP contribution in [0.3, 0.4) is 0 Å². The number of rotatable bonds is 5. The summed E-state index contributed by atoms with van der Waals surface area (Å²) in [6.45, 7) is 2.16. The number of hydrogen-bond donors (Lipinski definition) is 1. The highest BCUT2D eigenvalue weighted by atomic mass is 32.1. The number of thiophene rings is 1. The molecule has 0 fully saturated rings. The lowest BCUT2D eigenvalue weighted by Gasteiger charge is -2.12. The second-order valence-corrected chi connectivity index (χ2v) is 6.79. The molecule has 0 amide bonds. The van der Waals surface area contributed by atoms with Crippen molar-refractivity contribution in [1.29, 1.82) is 0 Å². The van der Waals surface area contributed by atoms with Crippen molar-refractivity contribution >= 4 is 33.1 Å². The van der Waals surface area contributed by atoms with Gasteiger partial charge in [0.2, 0.25) is 0 Å². The molecule has 130 valence electrons. The van der Waals surface area contributed by atoms with E-state index in [0.717, 1.165) is 39.5 Å². The van der Waals surface area contributed by atoms with Crippen LogP contribution >= 0.6 is 11.3 Å². The van der Waals surface area contributed by atoms with Crippen molar-refractivity contribution in [3.63, 3.8) is 0 Å². The normalized spacial score (nSPS) is 10.8. The summed E-state index contributed by atoms with van der Waals surface area (Å²) < 4.78 is 5.45. The molecular formula is C21H19N3OS. The predicted molar refractivity (Wildman–Crippen MR) is 109 cm³/mol. The number of para-hydroxylation sites is 2. The molecule has 0 saturated carbocycles. The Bertz CT molecular complexity index is 1040. The van der Waals surface area contributed by atoms with Gasteiger partial charge in [0.25, 0.3) is 0 Å². The second-order valence-electron chi connectivity index (χ2n) is 5.93. The van der Waals surface area contributed by atoms with E-state index < -0.39 is 0 Å². The Morgan fingerprint density at radius 1 is 1.04 bits per heavy atom. The van der Waals surface area contributed by atoms with Crippen molar-refractivity contribution in [3.8, 4) is 16.9 Å². The van der Waals surface area contributed by atoms with Gasteiger partial charge in [-0.3, -0.25) is 0 Å². The number of ether oxygens (including phenoxy) is 1. The molecule has 0 aliphatic carbocycles. The Kier molecular flexibility index (Phi) is 4.54. The molecule has 4 aromatic rings. The first kappa shape index (κ1) is 16.5. The summed E-state index contributed by atoms with van der Waals surface area (Å²) >= 11 is 1.63. The molecule has 2 heterocycles. The molecule has 0 spiro atoms. The number of aromatic nitrogens is 2. The molecule has 0 atom stereocenters. The maximum absolute atomic E-state index is 5.45. The van der Waals surface area contributed by atoms with Crippen LogP contribution in [0, 0.1) is 0 Å². The Morgan fingerprint density at radius 3 is 2.62 bits per heavy atom. The number of anilines is 2. The van der Waals surface area contributed by atoms with Gasteiger partial charge in [-0.05, 0) is 29.7 Å². The fourth-order valence-corrected chi connectivity index (χ4v) is 3.89. The van der Waals surface area contributed by atoms with Gasteiger partial charge in [0, 0.05) is 10.9 Å². The minimum absolute atomic E-state index is 0.781. The average Bonchev–Trinajstić information content (AvgIpc) is 3.14. The van der Waals surface area contributed by atoms with Crippen LogP contribution in [0.5, 0.6) is 5.75 Å². The smallest absolute Gasteiger partial charge is 0.143 e. The van der Waals surface area contributed by atoms with E-state index in [9.17, 15) is 0 Å². The fourth-order valence-electron chi connectivity index (χ4n) is 2.98. The Labute approximate surface area is 156 Å². The monoisotopic (exact) mass is 361 g/mol. The van der Waals surface area contributed by atoms with E-state index in [4.69, 9.17) is 4.74 Å². The molecule has 0 bridgehead atoms.